The van der Waals surface area contributed by atoms with Crippen LogP contribution in [-0.2, 0) is 13.0 Å². The van der Waals surface area contributed by atoms with Gasteiger partial charge in [0.15, 0.2) is 0 Å². The quantitative estimate of drug-likeness (QED) is 0.742. The molecule has 0 radical (unpaired) electrons. The van der Waals surface area contributed by atoms with Crippen molar-refractivity contribution < 1.29 is 18.3 Å². The molecule has 7 heteroatoms. The zero-order chi connectivity index (χ0) is 19.7. The summed E-state index contributed by atoms with van der Waals surface area (Å²) in [6, 6.07) is 10.4. The van der Waals surface area contributed by atoms with E-state index in [4.69, 9.17) is 4.74 Å². The van der Waals surface area contributed by atoms with Gasteiger partial charge in [0.05, 0.1) is 30.1 Å². The lowest BCUT2D eigenvalue weighted by Crippen LogP contribution is -2.36. The van der Waals surface area contributed by atoms with Crippen LogP contribution in [0.5, 0.6) is 5.75 Å². The zero-order valence-corrected chi connectivity index (χ0v) is 15.3. The molecule has 4 rings (SSSR count). The van der Waals surface area contributed by atoms with Crippen LogP contribution in [0, 0.1) is 11.6 Å². The number of halogens is 2. The smallest absolute Gasteiger partial charge is 0.254 e. The molecule has 0 fully saturated rings. The highest BCUT2D eigenvalue weighted by Crippen LogP contribution is 2.26. The Bertz CT molecular complexity index is 1010. The number of hydrogen-bond acceptors (Lipinski definition) is 3. The van der Waals surface area contributed by atoms with Gasteiger partial charge in [-0.3, -0.25) is 4.79 Å². The molecule has 1 aliphatic rings. The number of aromatic nitrogens is 2. The van der Waals surface area contributed by atoms with E-state index < -0.39 is 11.6 Å². The molecule has 0 saturated carbocycles. The molecule has 3 aromatic rings. The maximum Gasteiger partial charge on any atom is 0.254 e. The normalized spacial score (nSPS) is 13.3. The zero-order valence-electron chi connectivity index (χ0n) is 15.3. The first-order valence-electron chi connectivity index (χ1n) is 9.10. The number of nitrogens with zero attached hydrogens (tertiary/aromatic N) is 2. The highest BCUT2D eigenvalue weighted by molar-refractivity contribution is 5.94. The summed E-state index contributed by atoms with van der Waals surface area (Å²) in [6.45, 7) is 3.35. The van der Waals surface area contributed by atoms with Gasteiger partial charge in [-0.15, -0.1) is 0 Å². The fraction of sp³-hybridized carbons (Fsp3) is 0.238. The lowest BCUT2D eigenvalue weighted by molar-refractivity contribution is 0.0732. The summed E-state index contributed by atoms with van der Waals surface area (Å²) < 4.78 is 32.6. The third-order valence-corrected chi connectivity index (χ3v) is 4.72. The third-order valence-electron chi connectivity index (χ3n) is 4.72. The number of ether oxygens (including phenoxy) is 1. The van der Waals surface area contributed by atoms with Crippen molar-refractivity contribution in [2.75, 3.05) is 13.2 Å². The van der Waals surface area contributed by atoms with Crippen LogP contribution in [0.25, 0.3) is 11.4 Å². The number of aromatic amines is 1. The first-order chi connectivity index (χ1) is 13.5. The lowest BCUT2D eigenvalue weighted by Gasteiger charge is -2.26. The molecule has 2 heterocycles. The Morgan fingerprint density at radius 2 is 2.00 bits per heavy atom. The number of rotatable bonds is 4. The molecule has 0 atom stereocenters. The fourth-order valence-corrected chi connectivity index (χ4v) is 3.32. The molecule has 1 aromatic heterocycles. The predicted octanol–water partition coefficient (Wildman–Crippen LogP) is 3.95. The lowest BCUT2D eigenvalue weighted by atomic mass is 10.1. The predicted molar refractivity (Wildman–Crippen MR) is 100.0 cm³/mol. The van der Waals surface area contributed by atoms with Gasteiger partial charge < -0.3 is 14.6 Å². The van der Waals surface area contributed by atoms with Crippen molar-refractivity contribution in [2.24, 2.45) is 0 Å². The van der Waals surface area contributed by atoms with Crippen LogP contribution in [0.3, 0.4) is 0 Å². The van der Waals surface area contributed by atoms with E-state index in [-0.39, 0.29) is 11.5 Å². The van der Waals surface area contributed by atoms with Crippen LogP contribution in [0.4, 0.5) is 8.78 Å². The number of carbonyl (C=O) groups excluding carboxylic acids is 1. The second-order valence-electron chi connectivity index (χ2n) is 6.57. The number of H-pyrrole nitrogens is 1. The highest BCUT2D eigenvalue weighted by Gasteiger charge is 2.25. The van der Waals surface area contributed by atoms with E-state index in [1.54, 1.807) is 29.2 Å². The van der Waals surface area contributed by atoms with Crippen LogP contribution in [0.15, 0.2) is 42.5 Å². The van der Waals surface area contributed by atoms with E-state index in [1.165, 1.54) is 12.1 Å². The number of carbonyl (C=O) groups is 1. The van der Waals surface area contributed by atoms with E-state index >= 15 is 0 Å². The number of fused-ring (bicyclic) bond motifs is 1. The summed E-state index contributed by atoms with van der Waals surface area (Å²) in [5.41, 5.74) is 2.36. The van der Waals surface area contributed by atoms with E-state index in [0.717, 1.165) is 23.2 Å². The highest BCUT2D eigenvalue weighted by atomic mass is 19.1. The molecule has 0 bridgehead atoms. The summed E-state index contributed by atoms with van der Waals surface area (Å²) in [4.78, 5) is 22.0. The van der Waals surface area contributed by atoms with Gasteiger partial charge in [-0.25, -0.2) is 13.8 Å². The third kappa shape index (κ3) is 3.47. The van der Waals surface area contributed by atoms with Crippen LogP contribution in [-0.4, -0.2) is 33.9 Å². The molecule has 0 spiro atoms. The standard InChI is InChI=1S/C21H19F2N3O2/c1-2-28-15-6-3-13(4-7-15)21(27)26-10-9-18-19(12-26)25-20(24-18)16-8-5-14(22)11-17(16)23/h3-8,11H,2,9-10,12H2,1H3,(H,24,25). The van der Waals surface area contributed by atoms with Gasteiger partial charge in [-0.2, -0.15) is 0 Å². The van der Waals surface area contributed by atoms with Gasteiger partial charge >= 0.3 is 0 Å². The van der Waals surface area contributed by atoms with Crippen molar-refractivity contribution in [2.45, 2.75) is 19.9 Å². The average Bonchev–Trinajstić information content (AvgIpc) is 3.11. The van der Waals surface area contributed by atoms with Gasteiger partial charge in [0, 0.05) is 24.6 Å². The minimum atomic E-state index is -0.673. The Kier molecular flexibility index (Phi) is 4.81. The van der Waals surface area contributed by atoms with Crippen LogP contribution in [0.1, 0.15) is 28.7 Å². The van der Waals surface area contributed by atoms with Crippen molar-refractivity contribution in [3.63, 3.8) is 0 Å². The molecule has 144 valence electrons. The summed E-state index contributed by atoms with van der Waals surface area (Å²) in [6.07, 6.45) is 0.567. The Morgan fingerprint density at radius 1 is 1.21 bits per heavy atom. The Labute approximate surface area is 161 Å². The number of hydrogen-bond donors (Lipinski definition) is 1. The summed E-state index contributed by atoms with van der Waals surface area (Å²) in [5.74, 6) is -0.326. The van der Waals surface area contributed by atoms with E-state index in [9.17, 15) is 13.6 Å². The first kappa shape index (κ1) is 18.2. The van der Waals surface area contributed by atoms with Crippen molar-refractivity contribution >= 4 is 5.91 Å². The summed E-state index contributed by atoms with van der Waals surface area (Å²) >= 11 is 0. The maximum absolute atomic E-state index is 14.0. The van der Waals surface area contributed by atoms with Crippen molar-refractivity contribution in [1.29, 1.82) is 0 Å². The van der Waals surface area contributed by atoms with Gasteiger partial charge in [0.2, 0.25) is 0 Å². The molecule has 0 saturated heterocycles. The van der Waals surface area contributed by atoms with Gasteiger partial charge in [0.1, 0.15) is 23.2 Å². The van der Waals surface area contributed by atoms with E-state index in [1.807, 2.05) is 6.92 Å². The monoisotopic (exact) mass is 383 g/mol. The maximum atomic E-state index is 14.0. The molecule has 1 N–H and O–H groups in total. The fourth-order valence-electron chi connectivity index (χ4n) is 3.32. The molecular formula is C21H19F2N3O2. The van der Waals surface area contributed by atoms with Crippen molar-refractivity contribution in [3.8, 4) is 17.1 Å². The number of amides is 1. The Morgan fingerprint density at radius 3 is 2.71 bits per heavy atom. The van der Waals surface area contributed by atoms with Crippen LogP contribution in [0.2, 0.25) is 0 Å². The van der Waals surface area contributed by atoms with Crippen LogP contribution < -0.4 is 4.74 Å². The molecular weight excluding hydrogens is 364 g/mol. The second kappa shape index (κ2) is 7.42. The van der Waals surface area contributed by atoms with Crippen molar-refractivity contribution in [1.82, 2.24) is 14.9 Å². The van der Waals surface area contributed by atoms with Gasteiger partial charge in [-0.1, -0.05) is 0 Å². The molecule has 2 aromatic carbocycles. The minimum Gasteiger partial charge on any atom is -0.494 e. The number of nitrogens with one attached hydrogen (secondary N) is 1. The number of imidazole rings is 1. The van der Waals surface area contributed by atoms with Crippen molar-refractivity contribution in [3.05, 3.63) is 71.1 Å². The largest absolute Gasteiger partial charge is 0.494 e. The SMILES string of the molecule is CCOc1ccc(C(=O)N2CCc3nc(-c4ccc(F)cc4F)[nH]c3C2)cc1. The summed E-state index contributed by atoms with van der Waals surface area (Å²) in [5, 5.41) is 0. The molecule has 0 unspecified atom stereocenters. The Hall–Kier alpha value is -3.22. The van der Waals surface area contributed by atoms with E-state index in [0.29, 0.717) is 37.5 Å². The molecule has 1 amide bonds. The van der Waals surface area contributed by atoms with E-state index in [2.05, 4.69) is 9.97 Å². The number of benzene rings is 2. The molecule has 0 aliphatic carbocycles. The second-order valence-corrected chi connectivity index (χ2v) is 6.57. The topological polar surface area (TPSA) is 58.2 Å². The Balaban J connectivity index is 1.53. The average molecular weight is 383 g/mol. The van der Waals surface area contributed by atoms with Gasteiger partial charge in [0.25, 0.3) is 5.91 Å². The van der Waals surface area contributed by atoms with Gasteiger partial charge in [-0.05, 0) is 43.3 Å². The first-order valence-corrected chi connectivity index (χ1v) is 9.10. The summed E-state index contributed by atoms with van der Waals surface area (Å²) in [7, 11) is 0. The minimum absolute atomic E-state index is 0.0854. The molecule has 1 aliphatic heterocycles. The molecule has 28 heavy (non-hydrogen) atoms. The molecule has 5 nitrogen and oxygen atoms in total. The van der Waals surface area contributed by atoms with Crippen LogP contribution >= 0.6 is 0 Å².